The maximum Gasteiger partial charge on any atom is 0.151 e. The van der Waals surface area contributed by atoms with Crippen LogP contribution in [0.15, 0.2) is 30.3 Å². The first-order valence-corrected chi connectivity index (χ1v) is 8.14. The van der Waals surface area contributed by atoms with Crippen LogP contribution in [0, 0.1) is 5.92 Å². The Morgan fingerprint density at radius 1 is 1.29 bits per heavy atom. The minimum atomic E-state index is 0.101. The third-order valence-corrected chi connectivity index (χ3v) is 4.29. The topological polar surface area (TPSA) is 67.7 Å². The van der Waals surface area contributed by atoms with Crippen LogP contribution in [-0.4, -0.2) is 49.2 Å². The number of hydrogen-bond acceptors (Lipinski definition) is 6. The minimum Gasteiger partial charge on any atom is -0.497 e. The largest absolute Gasteiger partial charge is 0.497 e. The first kappa shape index (κ1) is 16.5. The summed E-state index contributed by atoms with van der Waals surface area (Å²) in [5.74, 6) is 2.89. The summed E-state index contributed by atoms with van der Waals surface area (Å²) in [5.41, 5.74) is 2.17. The summed E-state index contributed by atoms with van der Waals surface area (Å²) >= 11 is 0. The molecular weight excluding hydrogens is 306 g/mol. The lowest BCUT2D eigenvalue weighted by atomic mass is 9.92. The zero-order chi connectivity index (χ0) is 16.9. The summed E-state index contributed by atoms with van der Waals surface area (Å²) in [6.45, 7) is 1.32. The van der Waals surface area contributed by atoms with Crippen molar-refractivity contribution >= 4 is 5.82 Å². The van der Waals surface area contributed by atoms with E-state index in [2.05, 4.69) is 16.3 Å². The van der Waals surface area contributed by atoms with Gasteiger partial charge in [0.05, 0.1) is 26.0 Å². The van der Waals surface area contributed by atoms with Crippen LogP contribution in [0.1, 0.15) is 11.3 Å². The van der Waals surface area contributed by atoms with E-state index in [0.29, 0.717) is 19.1 Å². The first-order chi connectivity index (χ1) is 11.7. The molecular formula is C18H23N3O3. The molecule has 0 aliphatic carbocycles. The molecule has 1 N–H and O–H groups in total. The van der Waals surface area contributed by atoms with Crippen molar-refractivity contribution in [3.05, 3.63) is 41.6 Å². The molecule has 24 heavy (non-hydrogen) atoms. The van der Waals surface area contributed by atoms with Crippen molar-refractivity contribution in [1.82, 2.24) is 10.2 Å². The van der Waals surface area contributed by atoms with Crippen molar-refractivity contribution < 1.29 is 14.6 Å². The summed E-state index contributed by atoms with van der Waals surface area (Å²) in [4.78, 5) is 1.88. The normalized spacial score (nSPS) is 16.2. The Morgan fingerprint density at radius 3 is 2.88 bits per heavy atom. The number of aliphatic hydroxyl groups excluding tert-OH is 1. The van der Waals surface area contributed by atoms with Gasteiger partial charge in [-0.05, 0) is 36.6 Å². The molecule has 3 rings (SSSR count). The number of fused-ring (bicyclic) bond motifs is 1. The molecule has 1 aromatic heterocycles. The fourth-order valence-corrected chi connectivity index (χ4v) is 2.90. The van der Waals surface area contributed by atoms with Gasteiger partial charge in [-0.15, -0.1) is 5.10 Å². The fraction of sp³-hybridized carbons (Fsp3) is 0.444. The SMILES string of the molecule is COc1ccc2c(c1)OC[C@@H](Cc1ccc(N(C)CCO)nn1)C2. The summed E-state index contributed by atoms with van der Waals surface area (Å²) < 4.78 is 11.1. The number of methoxy groups -OCH3 is 1. The predicted octanol–water partition coefficient (Wildman–Crippen LogP) is 1.71. The third-order valence-electron chi connectivity index (χ3n) is 4.29. The van der Waals surface area contributed by atoms with Gasteiger partial charge in [0.15, 0.2) is 5.82 Å². The van der Waals surface area contributed by atoms with Crippen LogP contribution in [0.3, 0.4) is 0 Å². The van der Waals surface area contributed by atoms with Gasteiger partial charge in [-0.25, -0.2) is 0 Å². The van der Waals surface area contributed by atoms with Crippen molar-refractivity contribution in [2.24, 2.45) is 5.92 Å². The molecule has 0 spiro atoms. The van der Waals surface area contributed by atoms with Crippen LogP contribution in [0.4, 0.5) is 5.82 Å². The molecule has 0 unspecified atom stereocenters. The second-order valence-corrected chi connectivity index (χ2v) is 6.09. The Morgan fingerprint density at radius 2 is 2.17 bits per heavy atom. The van der Waals surface area contributed by atoms with Gasteiger partial charge in [0.1, 0.15) is 11.5 Å². The molecule has 128 valence electrons. The lowest BCUT2D eigenvalue weighted by Crippen LogP contribution is -2.24. The zero-order valence-corrected chi connectivity index (χ0v) is 14.1. The predicted molar refractivity (Wildman–Crippen MR) is 91.8 cm³/mol. The highest BCUT2D eigenvalue weighted by molar-refractivity contribution is 5.42. The molecule has 2 heterocycles. The average molecular weight is 329 g/mol. The molecule has 1 aliphatic rings. The number of aromatic nitrogens is 2. The molecule has 0 bridgehead atoms. The number of ether oxygens (including phenoxy) is 2. The fourth-order valence-electron chi connectivity index (χ4n) is 2.90. The van der Waals surface area contributed by atoms with Gasteiger partial charge >= 0.3 is 0 Å². The van der Waals surface area contributed by atoms with E-state index in [4.69, 9.17) is 14.6 Å². The van der Waals surface area contributed by atoms with Crippen LogP contribution in [0.5, 0.6) is 11.5 Å². The van der Waals surface area contributed by atoms with E-state index in [9.17, 15) is 0 Å². The number of anilines is 1. The number of hydrogen-bond donors (Lipinski definition) is 1. The molecule has 1 aromatic carbocycles. The van der Waals surface area contributed by atoms with Gasteiger partial charge in [-0.3, -0.25) is 0 Å². The van der Waals surface area contributed by atoms with Crippen LogP contribution < -0.4 is 14.4 Å². The van der Waals surface area contributed by atoms with E-state index in [-0.39, 0.29) is 6.61 Å². The van der Waals surface area contributed by atoms with E-state index >= 15 is 0 Å². The summed E-state index contributed by atoms with van der Waals surface area (Å²) in [6.07, 6.45) is 1.80. The Hall–Kier alpha value is -2.34. The second-order valence-electron chi connectivity index (χ2n) is 6.09. The quantitative estimate of drug-likeness (QED) is 0.870. The number of rotatable bonds is 6. The molecule has 0 fully saturated rings. The Labute approximate surface area is 142 Å². The molecule has 2 aromatic rings. The molecule has 0 saturated carbocycles. The van der Waals surface area contributed by atoms with Crippen LogP contribution in [0.25, 0.3) is 0 Å². The minimum absolute atomic E-state index is 0.101. The molecule has 6 heteroatoms. The molecule has 1 aliphatic heterocycles. The molecule has 0 amide bonds. The van der Waals surface area contributed by atoms with Crippen LogP contribution in [0.2, 0.25) is 0 Å². The van der Waals surface area contributed by atoms with Gasteiger partial charge in [0, 0.05) is 25.6 Å². The van der Waals surface area contributed by atoms with Crippen molar-refractivity contribution in [3.8, 4) is 11.5 Å². The van der Waals surface area contributed by atoms with Gasteiger partial charge in [0.2, 0.25) is 0 Å². The Balaban J connectivity index is 1.62. The van der Waals surface area contributed by atoms with Gasteiger partial charge in [0.25, 0.3) is 0 Å². The second kappa shape index (κ2) is 7.49. The number of likely N-dealkylation sites (N-methyl/N-ethyl adjacent to an activating group) is 1. The van der Waals surface area contributed by atoms with E-state index in [0.717, 1.165) is 35.9 Å². The van der Waals surface area contributed by atoms with Crippen molar-refractivity contribution in [3.63, 3.8) is 0 Å². The summed E-state index contributed by atoms with van der Waals surface area (Å²) in [7, 11) is 3.55. The number of nitrogens with zero attached hydrogens (tertiary/aromatic N) is 3. The summed E-state index contributed by atoms with van der Waals surface area (Å²) in [5, 5.41) is 17.5. The zero-order valence-electron chi connectivity index (χ0n) is 14.1. The lowest BCUT2D eigenvalue weighted by molar-refractivity contribution is 0.219. The highest BCUT2D eigenvalue weighted by Gasteiger charge is 2.21. The van der Waals surface area contributed by atoms with Crippen LogP contribution >= 0.6 is 0 Å². The Kier molecular flexibility index (Phi) is 5.15. The molecule has 0 radical (unpaired) electrons. The maximum atomic E-state index is 8.97. The average Bonchev–Trinajstić information content (AvgIpc) is 2.62. The molecule has 6 nitrogen and oxygen atoms in total. The molecule has 1 atom stereocenters. The highest BCUT2D eigenvalue weighted by atomic mass is 16.5. The Bertz CT molecular complexity index is 676. The van der Waals surface area contributed by atoms with Crippen LogP contribution in [-0.2, 0) is 12.8 Å². The maximum absolute atomic E-state index is 8.97. The van der Waals surface area contributed by atoms with Gasteiger partial charge < -0.3 is 19.5 Å². The van der Waals surface area contributed by atoms with E-state index in [1.165, 1.54) is 5.56 Å². The molecule has 0 saturated heterocycles. The van der Waals surface area contributed by atoms with Crippen molar-refractivity contribution in [2.75, 3.05) is 38.8 Å². The first-order valence-electron chi connectivity index (χ1n) is 8.14. The highest BCUT2D eigenvalue weighted by Crippen LogP contribution is 2.31. The van der Waals surface area contributed by atoms with Crippen molar-refractivity contribution in [2.45, 2.75) is 12.8 Å². The number of aliphatic hydroxyl groups is 1. The monoisotopic (exact) mass is 329 g/mol. The van der Waals surface area contributed by atoms with E-state index < -0.39 is 0 Å². The summed E-state index contributed by atoms with van der Waals surface area (Å²) in [6, 6.07) is 9.92. The smallest absolute Gasteiger partial charge is 0.151 e. The third kappa shape index (κ3) is 3.76. The van der Waals surface area contributed by atoms with Crippen molar-refractivity contribution in [1.29, 1.82) is 0 Å². The standard InChI is InChI=1S/C18H23N3O3/c1-21(7-8-22)18-6-4-15(19-20-18)10-13-9-14-3-5-16(23-2)11-17(14)24-12-13/h3-6,11,13,22H,7-10,12H2,1-2H3/t13-/m1/s1. The van der Waals surface area contributed by atoms with Gasteiger partial charge in [-0.1, -0.05) is 6.07 Å². The lowest BCUT2D eigenvalue weighted by Gasteiger charge is -2.25. The van der Waals surface area contributed by atoms with E-state index in [1.54, 1.807) is 7.11 Å². The number of benzene rings is 1. The van der Waals surface area contributed by atoms with Gasteiger partial charge in [-0.2, -0.15) is 5.10 Å². The van der Waals surface area contributed by atoms with E-state index in [1.807, 2.05) is 36.2 Å².